The summed E-state index contributed by atoms with van der Waals surface area (Å²) >= 11 is 0.967. The summed E-state index contributed by atoms with van der Waals surface area (Å²) in [4.78, 5) is 25.4. The van der Waals surface area contributed by atoms with Crippen molar-refractivity contribution in [1.82, 2.24) is 4.98 Å². The summed E-state index contributed by atoms with van der Waals surface area (Å²) in [6, 6.07) is 11.9. The topological polar surface area (TPSA) is 124 Å². The number of benzene rings is 2. The Morgan fingerprint density at radius 1 is 1.13 bits per heavy atom. The molecule has 4 N–H and O–H groups in total. The highest BCUT2D eigenvalue weighted by Gasteiger charge is 2.15. The molecule has 3 aromatic rings. The molecule has 1 aromatic heterocycles. The van der Waals surface area contributed by atoms with Crippen LogP contribution in [0.4, 0.5) is 0 Å². The Morgan fingerprint density at radius 2 is 1.83 bits per heavy atom. The van der Waals surface area contributed by atoms with Gasteiger partial charge in [0, 0.05) is 6.42 Å². The Morgan fingerprint density at radius 3 is 2.43 bits per heavy atom. The zero-order chi connectivity index (χ0) is 21.7. The minimum absolute atomic E-state index is 0.115. The van der Waals surface area contributed by atoms with Gasteiger partial charge >= 0.3 is 10.8 Å². The molecule has 0 aliphatic carbocycles. The maximum Gasteiger partial charge on any atom is 0.322 e. The van der Waals surface area contributed by atoms with Gasteiger partial charge in [0.05, 0.1) is 19.1 Å². The summed E-state index contributed by atoms with van der Waals surface area (Å²) in [5.41, 5.74) is 7.52. The second-order valence-electron chi connectivity index (χ2n) is 6.53. The van der Waals surface area contributed by atoms with Crippen molar-refractivity contribution >= 4 is 17.3 Å². The fraction of sp³-hybridized carbons (Fsp3) is 0.238. The number of methoxy groups -OCH3 is 2. The number of carbonyl (C=O) groups is 1. The summed E-state index contributed by atoms with van der Waals surface area (Å²) in [6.45, 7) is 0. The molecule has 0 saturated carbocycles. The Hall–Kier alpha value is -3.30. The first-order valence-electron chi connectivity index (χ1n) is 9.07. The lowest BCUT2D eigenvalue weighted by atomic mass is 10.1. The lowest BCUT2D eigenvalue weighted by Crippen LogP contribution is -2.33. The number of hydrogen-bond acceptors (Lipinski definition) is 8. The number of ether oxygens (including phenoxy) is 3. The fourth-order valence-corrected chi connectivity index (χ4v) is 3.63. The van der Waals surface area contributed by atoms with Crippen molar-refractivity contribution in [2.45, 2.75) is 18.9 Å². The van der Waals surface area contributed by atoms with Crippen LogP contribution >= 0.6 is 11.3 Å². The molecule has 158 valence electrons. The van der Waals surface area contributed by atoms with Crippen molar-refractivity contribution < 1.29 is 24.1 Å². The largest absolute Gasteiger partial charge is 0.494 e. The molecule has 3 rings (SSSR count). The van der Waals surface area contributed by atoms with Gasteiger partial charge in [0.2, 0.25) is 5.88 Å². The number of rotatable bonds is 8. The van der Waals surface area contributed by atoms with Gasteiger partial charge in [0.15, 0.2) is 11.5 Å². The third kappa shape index (κ3) is 5.19. The van der Waals surface area contributed by atoms with E-state index in [1.165, 1.54) is 14.2 Å². The standard InChI is InChI=1S/C21H22N2O6S/c1-27-17-10-13(11-18-19(24)23-21(26)30-18)5-8-16(17)29-14-6-3-12(4-7-14)9-15(22)20(25)28-2/h3-8,10,15,24H,9,11,22H2,1-2H3,(H,23,26)/t15-/m0/s1. The van der Waals surface area contributed by atoms with Gasteiger partial charge in [-0.15, -0.1) is 0 Å². The molecule has 0 fully saturated rings. The smallest absolute Gasteiger partial charge is 0.322 e. The van der Waals surface area contributed by atoms with Crippen LogP contribution in [-0.2, 0) is 22.4 Å². The molecule has 0 spiro atoms. The van der Waals surface area contributed by atoms with E-state index in [2.05, 4.69) is 9.72 Å². The maximum absolute atomic E-state index is 11.4. The van der Waals surface area contributed by atoms with Crippen molar-refractivity contribution in [3.63, 3.8) is 0 Å². The number of nitrogens with two attached hydrogens (primary N) is 1. The molecule has 1 heterocycles. The first kappa shape index (κ1) is 21.4. The SMILES string of the molecule is COC(=O)[C@@H](N)Cc1ccc(Oc2ccc(Cc3sc(=O)[nH]c3O)cc2OC)cc1. The van der Waals surface area contributed by atoms with Crippen LogP contribution in [0.15, 0.2) is 47.3 Å². The lowest BCUT2D eigenvalue weighted by molar-refractivity contribution is -0.142. The summed E-state index contributed by atoms with van der Waals surface area (Å²) in [6.07, 6.45) is 0.754. The van der Waals surface area contributed by atoms with Crippen LogP contribution in [0.3, 0.4) is 0 Å². The van der Waals surface area contributed by atoms with Crippen LogP contribution in [0, 0.1) is 0 Å². The van der Waals surface area contributed by atoms with Gasteiger partial charge in [-0.25, -0.2) is 0 Å². The molecule has 0 aliphatic rings. The summed E-state index contributed by atoms with van der Waals surface area (Å²) < 4.78 is 16.0. The molecule has 0 aliphatic heterocycles. The molecule has 9 heteroatoms. The zero-order valence-corrected chi connectivity index (χ0v) is 17.3. The zero-order valence-electron chi connectivity index (χ0n) is 16.5. The van der Waals surface area contributed by atoms with Crippen molar-refractivity contribution in [2.24, 2.45) is 5.73 Å². The number of carbonyl (C=O) groups excluding carboxylic acids is 1. The van der Waals surface area contributed by atoms with Crippen LogP contribution in [0.25, 0.3) is 0 Å². The van der Waals surface area contributed by atoms with Gasteiger partial charge in [0.1, 0.15) is 11.8 Å². The average molecular weight is 430 g/mol. The van der Waals surface area contributed by atoms with Gasteiger partial charge in [-0.1, -0.05) is 29.5 Å². The summed E-state index contributed by atoms with van der Waals surface area (Å²) in [5, 5.41) is 9.76. The van der Waals surface area contributed by atoms with Crippen molar-refractivity contribution in [3.8, 4) is 23.1 Å². The molecule has 0 saturated heterocycles. The molecule has 0 radical (unpaired) electrons. The molecule has 8 nitrogen and oxygen atoms in total. The predicted molar refractivity (Wildman–Crippen MR) is 113 cm³/mol. The first-order chi connectivity index (χ1) is 14.4. The van der Waals surface area contributed by atoms with E-state index in [0.29, 0.717) is 35.0 Å². The van der Waals surface area contributed by atoms with Gasteiger partial charge < -0.3 is 25.1 Å². The number of thiazole rings is 1. The summed E-state index contributed by atoms with van der Waals surface area (Å²) in [5.74, 6) is 1.06. The number of aromatic hydroxyl groups is 1. The maximum atomic E-state index is 11.4. The summed E-state index contributed by atoms with van der Waals surface area (Å²) in [7, 11) is 2.84. The van der Waals surface area contributed by atoms with Crippen LogP contribution < -0.4 is 20.1 Å². The number of H-pyrrole nitrogens is 1. The van der Waals surface area contributed by atoms with E-state index >= 15 is 0 Å². The van der Waals surface area contributed by atoms with Gasteiger partial charge in [-0.05, 0) is 41.8 Å². The van der Waals surface area contributed by atoms with Crippen LogP contribution in [0.1, 0.15) is 16.0 Å². The molecule has 1 atom stereocenters. The van der Waals surface area contributed by atoms with E-state index < -0.39 is 12.0 Å². The minimum Gasteiger partial charge on any atom is -0.494 e. The van der Waals surface area contributed by atoms with Crippen molar-refractivity contribution in [1.29, 1.82) is 0 Å². The second kappa shape index (κ2) is 9.47. The van der Waals surface area contributed by atoms with Gasteiger partial charge in [-0.2, -0.15) is 0 Å². The Bertz CT molecular complexity index is 1070. The molecular weight excluding hydrogens is 408 g/mol. The Kier molecular flexibility index (Phi) is 6.76. The third-order valence-electron chi connectivity index (χ3n) is 4.40. The van der Waals surface area contributed by atoms with Gasteiger partial charge in [0.25, 0.3) is 0 Å². The highest BCUT2D eigenvalue weighted by atomic mass is 32.1. The van der Waals surface area contributed by atoms with Crippen molar-refractivity contribution in [2.75, 3.05) is 14.2 Å². The van der Waals surface area contributed by atoms with E-state index in [9.17, 15) is 14.7 Å². The lowest BCUT2D eigenvalue weighted by Gasteiger charge is -2.13. The van der Waals surface area contributed by atoms with E-state index in [0.717, 1.165) is 22.5 Å². The molecule has 30 heavy (non-hydrogen) atoms. The fourth-order valence-electron chi connectivity index (χ4n) is 2.87. The van der Waals surface area contributed by atoms with E-state index in [1.807, 2.05) is 18.2 Å². The Labute approximate surface area is 176 Å². The normalized spacial score (nSPS) is 11.7. The first-order valence-corrected chi connectivity index (χ1v) is 9.89. The second-order valence-corrected chi connectivity index (χ2v) is 7.60. The molecular formula is C21H22N2O6S. The van der Waals surface area contributed by atoms with E-state index in [4.69, 9.17) is 15.2 Å². The number of aromatic nitrogens is 1. The monoisotopic (exact) mass is 430 g/mol. The highest BCUT2D eigenvalue weighted by molar-refractivity contribution is 7.09. The number of hydrogen-bond donors (Lipinski definition) is 3. The Balaban J connectivity index is 1.71. The molecule has 0 amide bonds. The minimum atomic E-state index is -0.715. The van der Waals surface area contributed by atoms with Gasteiger partial charge in [-0.3, -0.25) is 14.6 Å². The predicted octanol–water partition coefficient (Wildman–Crippen LogP) is 2.58. The number of nitrogens with one attached hydrogen (secondary N) is 1. The third-order valence-corrected chi connectivity index (χ3v) is 5.28. The number of esters is 1. The molecule has 0 unspecified atom stereocenters. The highest BCUT2D eigenvalue weighted by Crippen LogP contribution is 2.33. The van der Waals surface area contributed by atoms with Crippen molar-refractivity contribution in [3.05, 3.63) is 68.1 Å². The van der Waals surface area contributed by atoms with E-state index in [1.54, 1.807) is 24.3 Å². The number of aromatic amines is 1. The van der Waals surface area contributed by atoms with Crippen LogP contribution in [-0.4, -0.2) is 36.3 Å². The van der Waals surface area contributed by atoms with E-state index in [-0.39, 0.29) is 10.8 Å². The molecule has 2 aromatic carbocycles. The van der Waals surface area contributed by atoms with Crippen LogP contribution in [0.2, 0.25) is 0 Å². The quantitative estimate of drug-likeness (QED) is 0.469. The average Bonchev–Trinajstić information content (AvgIpc) is 3.06. The van der Waals surface area contributed by atoms with Crippen LogP contribution in [0.5, 0.6) is 23.1 Å². The molecule has 0 bridgehead atoms.